The third-order valence-electron chi connectivity index (χ3n) is 5.47. The smallest absolute Gasteiger partial charge is 0.408 e. The van der Waals surface area contributed by atoms with E-state index in [0.29, 0.717) is 6.42 Å². The highest BCUT2D eigenvalue weighted by atomic mass is 16.6. The number of hydrogen-bond donors (Lipinski definition) is 5. The van der Waals surface area contributed by atoms with Gasteiger partial charge in [0.1, 0.15) is 17.2 Å². The summed E-state index contributed by atoms with van der Waals surface area (Å²) in [6, 6.07) is 6.56. The Morgan fingerprint density at radius 3 is 2.34 bits per heavy atom. The zero-order valence-corrected chi connectivity index (χ0v) is 21.2. The Morgan fingerprint density at radius 2 is 1.74 bits per heavy atom. The van der Waals surface area contributed by atoms with Crippen molar-refractivity contribution in [1.82, 2.24) is 20.9 Å². The molecule has 1 unspecified atom stereocenters. The zero-order valence-electron chi connectivity index (χ0n) is 21.2. The number of carbonyl (C=O) groups excluding carboxylic acids is 3. The van der Waals surface area contributed by atoms with E-state index >= 15 is 0 Å². The summed E-state index contributed by atoms with van der Waals surface area (Å²) in [7, 11) is 0. The minimum absolute atomic E-state index is 0.0650. The van der Waals surface area contributed by atoms with Crippen molar-refractivity contribution in [1.29, 1.82) is 0 Å². The molecule has 5 N–H and O–H groups in total. The van der Waals surface area contributed by atoms with Gasteiger partial charge in [0.2, 0.25) is 11.8 Å². The van der Waals surface area contributed by atoms with Crippen LogP contribution in [0.1, 0.15) is 53.5 Å². The molecule has 2 atom stereocenters. The predicted octanol–water partition coefficient (Wildman–Crippen LogP) is 2.73. The predicted molar refractivity (Wildman–Crippen MR) is 132 cm³/mol. The lowest BCUT2D eigenvalue weighted by molar-refractivity contribution is -0.142. The standard InChI is InChI=1S/C25H36N4O6/c1-7-15(21(31)32)13-27-20(30)19(12-16-14-26-18-11-9-8-10-17(16)18)28-22(33)25(5,6)29-23(34)35-24(2,3)4/h8-11,14-15,19,26H,7,12-13H2,1-6H3,(H,27,30)(H,28,33)(H,29,34)(H,31,32)/t15?,19-/m1/s1. The average Bonchev–Trinajstić information content (AvgIpc) is 3.14. The number of hydrogen-bond acceptors (Lipinski definition) is 5. The number of benzene rings is 1. The second kappa shape index (κ2) is 11.2. The molecule has 10 nitrogen and oxygen atoms in total. The number of amides is 3. The second-order valence-electron chi connectivity index (χ2n) is 10.0. The Balaban J connectivity index is 2.22. The number of carboxylic acids is 1. The highest BCUT2D eigenvalue weighted by Crippen LogP contribution is 2.20. The fourth-order valence-electron chi connectivity index (χ4n) is 3.44. The number of carbonyl (C=O) groups is 4. The largest absolute Gasteiger partial charge is 0.481 e. The van der Waals surface area contributed by atoms with Gasteiger partial charge in [0, 0.05) is 30.1 Å². The molecular formula is C25H36N4O6. The van der Waals surface area contributed by atoms with Crippen molar-refractivity contribution in [2.24, 2.45) is 5.92 Å². The van der Waals surface area contributed by atoms with E-state index in [1.807, 2.05) is 24.3 Å². The van der Waals surface area contributed by atoms with Gasteiger partial charge in [-0.05, 0) is 52.7 Å². The molecule has 1 heterocycles. The molecule has 1 aromatic carbocycles. The minimum Gasteiger partial charge on any atom is -0.481 e. The van der Waals surface area contributed by atoms with Gasteiger partial charge in [-0.2, -0.15) is 0 Å². The van der Waals surface area contributed by atoms with E-state index < -0.39 is 47.0 Å². The van der Waals surface area contributed by atoms with Crippen molar-refractivity contribution in [3.8, 4) is 0 Å². The number of nitrogens with one attached hydrogen (secondary N) is 4. The third kappa shape index (κ3) is 8.01. The Bertz CT molecular complexity index is 1070. The van der Waals surface area contributed by atoms with Crippen LogP contribution in [0.2, 0.25) is 0 Å². The summed E-state index contributed by atoms with van der Waals surface area (Å²) in [5.41, 5.74) is -0.427. The van der Waals surface area contributed by atoms with Crippen LogP contribution in [-0.2, 0) is 25.5 Å². The average molecular weight is 489 g/mol. The molecule has 0 aliphatic carbocycles. The molecule has 0 saturated heterocycles. The van der Waals surface area contributed by atoms with Gasteiger partial charge in [-0.1, -0.05) is 25.1 Å². The number of aliphatic carboxylic acids is 1. The number of aromatic amines is 1. The van der Waals surface area contributed by atoms with Crippen molar-refractivity contribution in [2.75, 3.05) is 6.54 Å². The summed E-state index contributed by atoms with van der Waals surface area (Å²) in [4.78, 5) is 52.9. The van der Waals surface area contributed by atoms with Crippen LogP contribution in [0.25, 0.3) is 10.9 Å². The number of ether oxygens (including phenoxy) is 1. The van der Waals surface area contributed by atoms with Crippen LogP contribution >= 0.6 is 0 Å². The normalized spacial score (nSPS) is 13.5. The molecule has 3 amide bonds. The van der Waals surface area contributed by atoms with Crippen molar-refractivity contribution in [2.45, 2.75) is 71.6 Å². The van der Waals surface area contributed by atoms with Crippen LogP contribution in [0.3, 0.4) is 0 Å². The highest BCUT2D eigenvalue weighted by molar-refractivity contribution is 5.94. The number of alkyl carbamates (subject to hydrolysis) is 1. The molecule has 0 aliphatic rings. The summed E-state index contributed by atoms with van der Waals surface area (Å²) < 4.78 is 5.24. The molecule has 0 aliphatic heterocycles. The summed E-state index contributed by atoms with van der Waals surface area (Å²) >= 11 is 0. The Kier molecular flexibility index (Phi) is 8.89. The maximum absolute atomic E-state index is 13.1. The molecule has 192 valence electrons. The van der Waals surface area contributed by atoms with Crippen LogP contribution in [0.4, 0.5) is 4.79 Å². The lowest BCUT2D eigenvalue weighted by Crippen LogP contribution is -2.60. The molecule has 1 aromatic heterocycles. The van der Waals surface area contributed by atoms with Gasteiger partial charge in [0.15, 0.2) is 0 Å². The van der Waals surface area contributed by atoms with Gasteiger partial charge in [-0.3, -0.25) is 14.4 Å². The quantitative estimate of drug-likeness (QED) is 0.347. The zero-order chi connectivity index (χ0) is 26.4. The van der Waals surface area contributed by atoms with Gasteiger partial charge in [-0.25, -0.2) is 4.79 Å². The van der Waals surface area contributed by atoms with Gasteiger partial charge < -0.3 is 30.8 Å². The van der Waals surface area contributed by atoms with Crippen LogP contribution in [0.5, 0.6) is 0 Å². The van der Waals surface area contributed by atoms with E-state index in [9.17, 15) is 24.3 Å². The molecule has 35 heavy (non-hydrogen) atoms. The number of aromatic nitrogens is 1. The van der Waals surface area contributed by atoms with Crippen LogP contribution < -0.4 is 16.0 Å². The first kappa shape index (κ1) is 27.7. The summed E-state index contributed by atoms with van der Waals surface area (Å²) in [5, 5.41) is 18.1. The number of carboxylic acid groups (broad SMARTS) is 1. The lowest BCUT2D eigenvalue weighted by atomic mass is 10.0. The third-order valence-corrected chi connectivity index (χ3v) is 5.47. The van der Waals surface area contributed by atoms with E-state index in [4.69, 9.17) is 4.74 Å². The molecule has 0 spiro atoms. The van der Waals surface area contributed by atoms with E-state index in [0.717, 1.165) is 16.5 Å². The summed E-state index contributed by atoms with van der Waals surface area (Å²) in [6.07, 6.45) is 1.52. The van der Waals surface area contributed by atoms with Gasteiger partial charge in [0.25, 0.3) is 0 Å². The molecule has 2 rings (SSSR count). The highest BCUT2D eigenvalue weighted by Gasteiger charge is 2.35. The maximum Gasteiger partial charge on any atom is 0.408 e. The topological polar surface area (TPSA) is 150 Å². The van der Waals surface area contributed by atoms with Crippen molar-refractivity contribution in [3.63, 3.8) is 0 Å². The first-order chi connectivity index (χ1) is 16.2. The number of rotatable bonds is 10. The molecule has 0 bridgehead atoms. The molecule has 0 saturated carbocycles. The van der Waals surface area contributed by atoms with Crippen molar-refractivity contribution >= 4 is 34.8 Å². The molecule has 2 aromatic rings. The van der Waals surface area contributed by atoms with Gasteiger partial charge in [0.05, 0.1) is 5.92 Å². The molecule has 0 fully saturated rings. The SMILES string of the molecule is CCC(CNC(=O)[C@@H](Cc1c[nH]c2ccccc12)NC(=O)C(C)(C)NC(=O)OC(C)(C)C)C(=O)O. The van der Waals surface area contributed by atoms with E-state index in [-0.39, 0.29) is 13.0 Å². The monoisotopic (exact) mass is 488 g/mol. The van der Waals surface area contributed by atoms with E-state index in [1.54, 1.807) is 33.9 Å². The summed E-state index contributed by atoms with van der Waals surface area (Å²) in [5.74, 6) is -2.86. The van der Waals surface area contributed by atoms with Gasteiger partial charge in [-0.15, -0.1) is 0 Å². The molecular weight excluding hydrogens is 452 g/mol. The van der Waals surface area contributed by atoms with Crippen molar-refractivity contribution in [3.05, 3.63) is 36.0 Å². The fraction of sp³-hybridized carbons (Fsp3) is 0.520. The van der Waals surface area contributed by atoms with E-state index in [1.165, 1.54) is 13.8 Å². The molecule has 0 radical (unpaired) electrons. The first-order valence-electron chi connectivity index (χ1n) is 11.6. The minimum atomic E-state index is -1.38. The van der Waals surface area contributed by atoms with E-state index in [2.05, 4.69) is 20.9 Å². The van der Waals surface area contributed by atoms with Crippen LogP contribution in [-0.4, -0.2) is 57.7 Å². The van der Waals surface area contributed by atoms with Crippen LogP contribution in [0, 0.1) is 5.92 Å². The Labute approximate surface area is 205 Å². The number of para-hydroxylation sites is 1. The maximum atomic E-state index is 13.1. The van der Waals surface area contributed by atoms with Gasteiger partial charge >= 0.3 is 12.1 Å². The summed E-state index contributed by atoms with van der Waals surface area (Å²) in [6.45, 7) is 9.80. The molecule has 10 heteroatoms. The Morgan fingerprint density at radius 1 is 1.09 bits per heavy atom. The number of fused-ring (bicyclic) bond motifs is 1. The number of H-pyrrole nitrogens is 1. The second-order valence-corrected chi connectivity index (χ2v) is 10.0. The Hall–Kier alpha value is -3.56. The van der Waals surface area contributed by atoms with Crippen LogP contribution in [0.15, 0.2) is 30.5 Å². The fourth-order valence-corrected chi connectivity index (χ4v) is 3.44. The first-order valence-corrected chi connectivity index (χ1v) is 11.6. The van der Waals surface area contributed by atoms with Crippen molar-refractivity contribution < 1.29 is 29.0 Å². The lowest BCUT2D eigenvalue weighted by Gasteiger charge is -2.29.